The number of ether oxygens (including phenoxy) is 1. The minimum Gasteiger partial charge on any atom is -0.480 e. The Bertz CT molecular complexity index is 240. The van der Waals surface area contributed by atoms with Crippen LogP contribution >= 0.6 is 0 Å². The molecule has 6 nitrogen and oxygen atoms in total. The SMILES string of the molecule is CCCC(COC)NC(=O)N[C@H](CC)C(=O)O. The van der Waals surface area contributed by atoms with Crippen molar-refractivity contribution in [1.82, 2.24) is 10.6 Å². The smallest absolute Gasteiger partial charge is 0.326 e. The van der Waals surface area contributed by atoms with E-state index in [1.54, 1.807) is 14.0 Å². The highest BCUT2D eigenvalue weighted by Crippen LogP contribution is 1.98. The Morgan fingerprint density at radius 1 is 1.29 bits per heavy atom. The number of carbonyl (C=O) groups excluding carboxylic acids is 1. The van der Waals surface area contributed by atoms with Gasteiger partial charge >= 0.3 is 12.0 Å². The molecule has 0 rings (SSSR count). The predicted octanol–water partition coefficient (Wildman–Crippen LogP) is 0.964. The summed E-state index contributed by atoms with van der Waals surface area (Å²) in [4.78, 5) is 22.3. The van der Waals surface area contributed by atoms with Gasteiger partial charge in [-0.3, -0.25) is 0 Å². The van der Waals surface area contributed by atoms with Gasteiger partial charge in [0.2, 0.25) is 0 Å². The van der Waals surface area contributed by atoms with E-state index < -0.39 is 18.0 Å². The highest BCUT2D eigenvalue weighted by molar-refractivity contribution is 5.82. The normalized spacial score (nSPS) is 13.8. The van der Waals surface area contributed by atoms with Crippen LogP contribution in [0.5, 0.6) is 0 Å². The third-order valence-corrected chi connectivity index (χ3v) is 2.35. The van der Waals surface area contributed by atoms with Crippen molar-refractivity contribution in [3.8, 4) is 0 Å². The fraction of sp³-hybridized carbons (Fsp3) is 0.818. The minimum atomic E-state index is -1.03. The molecule has 0 radical (unpaired) electrons. The van der Waals surface area contributed by atoms with E-state index in [1.165, 1.54) is 0 Å². The topological polar surface area (TPSA) is 87.7 Å². The molecule has 2 amide bonds. The van der Waals surface area contributed by atoms with Crippen LogP contribution in [-0.4, -0.2) is 42.9 Å². The van der Waals surface area contributed by atoms with Crippen LogP contribution in [0, 0.1) is 0 Å². The number of aliphatic carboxylic acids is 1. The lowest BCUT2D eigenvalue weighted by Crippen LogP contribution is -2.49. The molecule has 1 unspecified atom stereocenters. The third kappa shape index (κ3) is 6.78. The summed E-state index contributed by atoms with van der Waals surface area (Å²) in [6, 6.07) is -1.40. The van der Waals surface area contributed by atoms with Crippen molar-refractivity contribution in [2.45, 2.75) is 45.2 Å². The van der Waals surface area contributed by atoms with Crippen LogP contribution in [0.2, 0.25) is 0 Å². The lowest BCUT2D eigenvalue weighted by atomic mass is 10.2. The van der Waals surface area contributed by atoms with E-state index >= 15 is 0 Å². The molecular formula is C11H22N2O4. The number of rotatable bonds is 8. The number of methoxy groups -OCH3 is 1. The highest BCUT2D eigenvalue weighted by atomic mass is 16.5. The molecule has 0 spiro atoms. The van der Waals surface area contributed by atoms with Crippen molar-refractivity contribution >= 4 is 12.0 Å². The summed E-state index contributed by atoms with van der Waals surface area (Å²) in [5.41, 5.74) is 0. The van der Waals surface area contributed by atoms with Crippen molar-refractivity contribution in [1.29, 1.82) is 0 Å². The number of carboxylic acids is 1. The number of amides is 2. The van der Waals surface area contributed by atoms with E-state index in [4.69, 9.17) is 9.84 Å². The standard InChI is InChI=1S/C11H22N2O4/c1-4-6-8(7-17-3)12-11(16)13-9(5-2)10(14)15/h8-9H,4-7H2,1-3H3,(H,14,15)(H2,12,13,16)/t8?,9-/m1/s1. The molecule has 0 aromatic rings. The number of carboxylic acid groups (broad SMARTS) is 1. The number of hydrogen-bond donors (Lipinski definition) is 3. The summed E-state index contributed by atoms with van der Waals surface area (Å²) in [5.74, 6) is -1.03. The molecule has 0 bridgehead atoms. The molecule has 17 heavy (non-hydrogen) atoms. The second-order valence-corrected chi connectivity index (χ2v) is 3.86. The van der Waals surface area contributed by atoms with Gasteiger partial charge in [0.25, 0.3) is 0 Å². The molecule has 0 aliphatic heterocycles. The quantitative estimate of drug-likeness (QED) is 0.595. The lowest BCUT2D eigenvalue weighted by molar-refractivity contribution is -0.139. The van der Waals surface area contributed by atoms with Crippen molar-refractivity contribution in [2.24, 2.45) is 0 Å². The van der Waals surface area contributed by atoms with Crippen LogP contribution in [0.3, 0.4) is 0 Å². The summed E-state index contributed by atoms with van der Waals surface area (Å²) in [6.45, 7) is 4.14. The monoisotopic (exact) mass is 246 g/mol. The van der Waals surface area contributed by atoms with Gasteiger partial charge in [-0.1, -0.05) is 20.3 Å². The number of hydrogen-bond acceptors (Lipinski definition) is 3. The Kier molecular flexibility index (Phi) is 8.13. The largest absolute Gasteiger partial charge is 0.480 e. The Morgan fingerprint density at radius 2 is 1.94 bits per heavy atom. The highest BCUT2D eigenvalue weighted by Gasteiger charge is 2.19. The van der Waals surface area contributed by atoms with Gasteiger partial charge in [0.05, 0.1) is 12.6 Å². The Balaban J connectivity index is 4.16. The van der Waals surface area contributed by atoms with Gasteiger partial charge in [-0.15, -0.1) is 0 Å². The van der Waals surface area contributed by atoms with E-state index in [0.29, 0.717) is 13.0 Å². The van der Waals surface area contributed by atoms with Crippen LogP contribution in [0.15, 0.2) is 0 Å². The van der Waals surface area contributed by atoms with Crippen LogP contribution in [-0.2, 0) is 9.53 Å². The number of urea groups is 1. The van der Waals surface area contributed by atoms with E-state index in [0.717, 1.165) is 12.8 Å². The molecular weight excluding hydrogens is 224 g/mol. The zero-order chi connectivity index (χ0) is 13.3. The molecule has 0 fully saturated rings. The van der Waals surface area contributed by atoms with Crippen molar-refractivity contribution < 1.29 is 19.4 Å². The molecule has 0 aliphatic carbocycles. The fourth-order valence-electron chi connectivity index (χ4n) is 1.47. The summed E-state index contributed by atoms with van der Waals surface area (Å²) in [7, 11) is 1.56. The maximum absolute atomic E-state index is 11.5. The summed E-state index contributed by atoms with van der Waals surface area (Å²) in [5, 5.41) is 13.9. The minimum absolute atomic E-state index is 0.0868. The molecule has 6 heteroatoms. The molecule has 100 valence electrons. The predicted molar refractivity (Wildman–Crippen MR) is 64.0 cm³/mol. The first-order chi connectivity index (χ1) is 8.04. The van der Waals surface area contributed by atoms with E-state index in [2.05, 4.69) is 10.6 Å². The second-order valence-electron chi connectivity index (χ2n) is 3.86. The second kappa shape index (κ2) is 8.81. The average molecular weight is 246 g/mol. The maximum Gasteiger partial charge on any atom is 0.326 e. The molecule has 0 saturated carbocycles. The Labute approximate surface area is 102 Å². The van der Waals surface area contributed by atoms with Crippen molar-refractivity contribution in [3.63, 3.8) is 0 Å². The molecule has 0 saturated heterocycles. The zero-order valence-corrected chi connectivity index (χ0v) is 10.7. The van der Waals surface area contributed by atoms with Crippen LogP contribution in [0.4, 0.5) is 4.79 Å². The molecule has 0 heterocycles. The van der Waals surface area contributed by atoms with Crippen LogP contribution < -0.4 is 10.6 Å². The first-order valence-electron chi connectivity index (χ1n) is 5.83. The van der Waals surface area contributed by atoms with Gasteiger partial charge in [-0.25, -0.2) is 9.59 Å². The molecule has 3 N–H and O–H groups in total. The van der Waals surface area contributed by atoms with Gasteiger partial charge in [0.15, 0.2) is 0 Å². The first kappa shape index (κ1) is 15.7. The van der Waals surface area contributed by atoms with Gasteiger partial charge in [-0.2, -0.15) is 0 Å². The number of carbonyl (C=O) groups is 2. The first-order valence-corrected chi connectivity index (χ1v) is 5.83. The molecule has 2 atom stereocenters. The summed E-state index contributed by atoms with van der Waals surface area (Å²) in [6.07, 6.45) is 2.07. The Morgan fingerprint density at radius 3 is 2.35 bits per heavy atom. The third-order valence-electron chi connectivity index (χ3n) is 2.35. The number of nitrogens with one attached hydrogen (secondary N) is 2. The van der Waals surface area contributed by atoms with Crippen molar-refractivity contribution in [3.05, 3.63) is 0 Å². The maximum atomic E-state index is 11.5. The molecule has 0 aromatic heterocycles. The van der Waals surface area contributed by atoms with E-state index in [1.807, 2.05) is 6.92 Å². The van der Waals surface area contributed by atoms with Crippen LogP contribution in [0.25, 0.3) is 0 Å². The lowest BCUT2D eigenvalue weighted by Gasteiger charge is -2.19. The van der Waals surface area contributed by atoms with E-state index in [9.17, 15) is 9.59 Å². The molecule has 0 aromatic carbocycles. The van der Waals surface area contributed by atoms with E-state index in [-0.39, 0.29) is 6.04 Å². The van der Waals surface area contributed by atoms with Gasteiger partial charge in [0.1, 0.15) is 6.04 Å². The zero-order valence-electron chi connectivity index (χ0n) is 10.7. The average Bonchev–Trinajstić information content (AvgIpc) is 2.26. The summed E-state index contributed by atoms with van der Waals surface area (Å²) >= 11 is 0. The van der Waals surface area contributed by atoms with Crippen LogP contribution in [0.1, 0.15) is 33.1 Å². The molecule has 0 aliphatic rings. The van der Waals surface area contributed by atoms with Crippen molar-refractivity contribution in [2.75, 3.05) is 13.7 Å². The summed E-state index contributed by atoms with van der Waals surface area (Å²) < 4.78 is 4.98. The van der Waals surface area contributed by atoms with Gasteiger partial charge in [-0.05, 0) is 12.8 Å². The Hall–Kier alpha value is -1.30. The fourth-order valence-corrected chi connectivity index (χ4v) is 1.47. The van der Waals surface area contributed by atoms with Gasteiger partial charge < -0.3 is 20.5 Å². The van der Waals surface area contributed by atoms with Gasteiger partial charge in [0, 0.05) is 7.11 Å².